The van der Waals surface area contributed by atoms with Crippen LogP contribution >= 0.6 is 0 Å². The van der Waals surface area contributed by atoms with Gasteiger partial charge in [-0.15, -0.1) is 0 Å². The van der Waals surface area contributed by atoms with Gasteiger partial charge in [-0.05, 0) is 63.4 Å². The summed E-state index contributed by atoms with van der Waals surface area (Å²) in [7, 11) is 0. The van der Waals surface area contributed by atoms with E-state index in [1.807, 2.05) is 57.2 Å². The number of aryl methyl sites for hydroxylation is 3. The molecule has 0 fully saturated rings. The van der Waals surface area contributed by atoms with Gasteiger partial charge in [-0.3, -0.25) is 14.5 Å². The minimum absolute atomic E-state index is 0.0597. The third-order valence-corrected chi connectivity index (χ3v) is 4.58. The predicted molar refractivity (Wildman–Crippen MR) is 103 cm³/mol. The molecule has 5 nitrogen and oxygen atoms in total. The van der Waals surface area contributed by atoms with E-state index in [0.29, 0.717) is 11.4 Å². The van der Waals surface area contributed by atoms with Crippen molar-refractivity contribution in [3.63, 3.8) is 0 Å². The average molecular weight is 352 g/mol. The molecule has 1 heterocycles. The van der Waals surface area contributed by atoms with Gasteiger partial charge in [0.1, 0.15) is 12.3 Å². The molecule has 0 aromatic heterocycles. The van der Waals surface area contributed by atoms with Crippen LogP contribution < -0.4 is 15.0 Å². The summed E-state index contributed by atoms with van der Waals surface area (Å²) in [6.07, 6.45) is 0. The van der Waals surface area contributed by atoms with Crippen molar-refractivity contribution in [3.8, 4) is 5.75 Å². The van der Waals surface area contributed by atoms with Gasteiger partial charge in [0, 0.05) is 5.69 Å². The number of benzene rings is 2. The number of hydrogen-bond acceptors (Lipinski definition) is 3. The first kappa shape index (κ1) is 18.0. The molecule has 1 aliphatic rings. The molecule has 2 aromatic carbocycles. The summed E-state index contributed by atoms with van der Waals surface area (Å²) in [6.45, 7) is 9.22. The average Bonchev–Trinajstić information content (AvgIpc) is 2.56. The first-order valence-electron chi connectivity index (χ1n) is 8.67. The number of ether oxygens (including phenoxy) is 1. The number of amides is 2. The monoisotopic (exact) mass is 352 g/mol. The zero-order valence-corrected chi connectivity index (χ0v) is 15.8. The van der Waals surface area contributed by atoms with Gasteiger partial charge in [-0.1, -0.05) is 24.3 Å². The van der Waals surface area contributed by atoms with E-state index in [1.165, 1.54) is 4.90 Å². The standard InChI is InChI=1S/C21H24N2O3/c1-13-9-10-17-16(11-13)23(20(25)21(4,5)26-17)12-18(24)22-19-14(2)7-6-8-15(19)3/h6-11H,12H2,1-5H3,(H,22,24). The summed E-state index contributed by atoms with van der Waals surface area (Å²) >= 11 is 0. The molecule has 1 N–H and O–H groups in total. The van der Waals surface area contributed by atoms with E-state index in [9.17, 15) is 9.59 Å². The Hall–Kier alpha value is -2.82. The molecular formula is C21H24N2O3. The van der Waals surface area contributed by atoms with E-state index in [0.717, 1.165) is 22.4 Å². The van der Waals surface area contributed by atoms with Crippen LogP contribution in [0.1, 0.15) is 30.5 Å². The summed E-state index contributed by atoms with van der Waals surface area (Å²) in [5.41, 5.74) is 3.39. The van der Waals surface area contributed by atoms with Gasteiger partial charge in [0.2, 0.25) is 5.91 Å². The molecule has 0 unspecified atom stereocenters. The Balaban J connectivity index is 1.89. The second-order valence-corrected chi connectivity index (χ2v) is 7.29. The number of nitrogens with zero attached hydrogens (tertiary/aromatic N) is 1. The van der Waals surface area contributed by atoms with Gasteiger partial charge in [-0.25, -0.2) is 0 Å². The topological polar surface area (TPSA) is 58.6 Å². The van der Waals surface area contributed by atoms with Crippen LogP contribution in [-0.2, 0) is 9.59 Å². The van der Waals surface area contributed by atoms with Crippen molar-refractivity contribution in [2.75, 3.05) is 16.8 Å². The first-order valence-corrected chi connectivity index (χ1v) is 8.67. The molecule has 2 amide bonds. The van der Waals surface area contributed by atoms with E-state index in [4.69, 9.17) is 4.74 Å². The molecule has 0 spiro atoms. The van der Waals surface area contributed by atoms with Crippen molar-refractivity contribution >= 4 is 23.2 Å². The molecule has 0 aliphatic carbocycles. The summed E-state index contributed by atoms with van der Waals surface area (Å²) in [4.78, 5) is 27.1. The Morgan fingerprint density at radius 3 is 2.42 bits per heavy atom. The van der Waals surface area contributed by atoms with Crippen molar-refractivity contribution in [2.45, 2.75) is 40.2 Å². The molecule has 26 heavy (non-hydrogen) atoms. The normalized spacial score (nSPS) is 15.3. The zero-order valence-electron chi connectivity index (χ0n) is 15.8. The molecule has 0 radical (unpaired) electrons. The fraction of sp³-hybridized carbons (Fsp3) is 0.333. The smallest absolute Gasteiger partial charge is 0.271 e. The fourth-order valence-electron chi connectivity index (χ4n) is 3.17. The number of hydrogen-bond donors (Lipinski definition) is 1. The molecule has 1 aliphatic heterocycles. The van der Waals surface area contributed by atoms with Gasteiger partial charge in [0.25, 0.3) is 5.91 Å². The molecular weight excluding hydrogens is 328 g/mol. The van der Waals surface area contributed by atoms with Crippen molar-refractivity contribution in [3.05, 3.63) is 53.1 Å². The molecule has 0 saturated carbocycles. The quantitative estimate of drug-likeness (QED) is 0.915. The maximum atomic E-state index is 12.9. The molecule has 3 rings (SSSR count). The molecule has 0 bridgehead atoms. The zero-order chi connectivity index (χ0) is 19.1. The van der Waals surface area contributed by atoms with Gasteiger partial charge in [0.15, 0.2) is 5.60 Å². The van der Waals surface area contributed by atoms with Gasteiger partial charge < -0.3 is 10.1 Å². The number of nitrogens with one attached hydrogen (secondary N) is 1. The van der Waals surface area contributed by atoms with Crippen LogP contribution in [0.4, 0.5) is 11.4 Å². The van der Waals surface area contributed by atoms with E-state index in [-0.39, 0.29) is 18.4 Å². The van der Waals surface area contributed by atoms with E-state index in [1.54, 1.807) is 13.8 Å². The lowest BCUT2D eigenvalue weighted by Crippen LogP contribution is -2.54. The number of carbonyl (C=O) groups excluding carboxylic acids is 2. The second kappa shape index (κ2) is 6.48. The Morgan fingerprint density at radius 1 is 1.12 bits per heavy atom. The van der Waals surface area contributed by atoms with Crippen molar-refractivity contribution in [1.82, 2.24) is 0 Å². The summed E-state index contributed by atoms with van der Waals surface area (Å²) in [5, 5.41) is 2.95. The van der Waals surface area contributed by atoms with E-state index < -0.39 is 5.60 Å². The molecule has 2 aromatic rings. The predicted octanol–water partition coefficient (Wildman–Crippen LogP) is 3.75. The molecule has 0 atom stereocenters. The van der Waals surface area contributed by atoms with Crippen molar-refractivity contribution in [1.29, 1.82) is 0 Å². The number of rotatable bonds is 3. The Bertz CT molecular complexity index is 867. The van der Waals surface area contributed by atoms with Crippen LogP contribution in [-0.4, -0.2) is 24.0 Å². The molecule has 0 saturated heterocycles. The maximum absolute atomic E-state index is 12.9. The van der Waals surface area contributed by atoms with Crippen LogP contribution in [0.15, 0.2) is 36.4 Å². The van der Waals surface area contributed by atoms with E-state index >= 15 is 0 Å². The molecule has 136 valence electrons. The van der Waals surface area contributed by atoms with Gasteiger partial charge in [0.05, 0.1) is 5.69 Å². The highest BCUT2D eigenvalue weighted by Crippen LogP contribution is 2.38. The Morgan fingerprint density at radius 2 is 1.77 bits per heavy atom. The third kappa shape index (κ3) is 3.29. The van der Waals surface area contributed by atoms with Crippen LogP contribution in [0.2, 0.25) is 0 Å². The summed E-state index contributed by atoms with van der Waals surface area (Å²) < 4.78 is 5.83. The van der Waals surface area contributed by atoms with Gasteiger partial charge in [-0.2, -0.15) is 0 Å². The Kier molecular flexibility index (Phi) is 4.48. The lowest BCUT2D eigenvalue weighted by atomic mass is 10.0. The largest absolute Gasteiger partial charge is 0.476 e. The fourth-order valence-corrected chi connectivity index (χ4v) is 3.17. The highest BCUT2D eigenvalue weighted by atomic mass is 16.5. The van der Waals surface area contributed by atoms with Gasteiger partial charge >= 0.3 is 0 Å². The van der Waals surface area contributed by atoms with Crippen molar-refractivity contribution in [2.24, 2.45) is 0 Å². The Labute approximate surface area is 154 Å². The third-order valence-electron chi connectivity index (χ3n) is 4.58. The number of fused-ring (bicyclic) bond motifs is 1. The maximum Gasteiger partial charge on any atom is 0.271 e. The van der Waals surface area contributed by atoms with Crippen LogP contribution in [0.5, 0.6) is 5.75 Å². The SMILES string of the molecule is Cc1ccc2c(c1)N(CC(=O)Nc1c(C)cccc1C)C(=O)C(C)(C)O2. The van der Waals surface area contributed by atoms with Crippen LogP contribution in [0, 0.1) is 20.8 Å². The molecule has 5 heteroatoms. The highest BCUT2D eigenvalue weighted by molar-refractivity contribution is 6.08. The summed E-state index contributed by atoms with van der Waals surface area (Å²) in [6, 6.07) is 11.5. The summed E-state index contributed by atoms with van der Waals surface area (Å²) in [5.74, 6) is 0.147. The highest BCUT2D eigenvalue weighted by Gasteiger charge is 2.41. The van der Waals surface area contributed by atoms with E-state index in [2.05, 4.69) is 5.32 Å². The lowest BCUT2D eigenvalue weighted by Gasteiger charge is -2.38. The van der Waals surface area contributed by atoms with Crippen LogP contribution in [0.25, 0.3) is 0 Å². The van der Waals surface area contributed by atoms with Crippen molar-refractivity contribution < 1.29 is 14.3 Å². The number of para-hydroxylation sites is 1. The number of carbonyl (C=O) groups is 2. The minimum Gasteiger partial charge on any atom is -0.476 e. The number of anilines is 2. The first-order chi connectivity index (χ1) is 12.2. The second-order valence-electron chi connectivity index (χ2n) is 7.29. The lowest BCUT2D eigenvalue weighted by molar-refractivity contribution is -0.133. The van der Waals surface area contributed by atoms with Crippen LogP contribution in [0.3, 0.4) is 0 Å². The minimum atomic E-state index is -1.01.